The molecule has 2 heterocycles. The van der Waals surface area contributed by atoms with Gasteiger partial charge in [0.1, 0.15) is 0 Å². The molecule has 118 valence electrons. The zero-order chi connectivity index (χ0) is 13.7. The maximum Gasteiger partial charge on any atom is 0.223 e. The van der Waals surface area contributed by atoms with Crippen molar-refractivity contribution in [1.29, 1.82) is 0 Å². The number of carbonyl (C=O) groups is 1. The van der Waals surface area contributed by atoms with Crippen molar-refractivity contribution >= 4 is 18.3 Å². The molecule has 1 amide bonds. The highest BCUT2D eigenvalue weighted by Crippen LogP contribution is 2.23. The van der Waals surface area contributed by atoms with Crippen molar-refractivity contribution in [3.63, 3.8) is 0 Å². The molecule has 1 unspecified atom stereocenters. The average molecular weight is 304 g/mol. The molecule has 2 fully saturated rings. The molecule has 0 spiro atoms. The number of rotatable bonds is 4. The number of hydrogen-bond acceptors (Lipinski definition) is 3. The quantitative estimate of drug-likeness (QED) is 0.859. The van der Waals surface area contributed by atoms with Crippen LogP contribution in [0.3, 0.4) is 0 Å². The van der Waals surface area contributed by atoms with E-state index in [0.29, 0.717) is 24.3 Å². The zero-order valence-electron chi connectivity index (χ0n) is 12.9. The van der Waals surface area contributed by atoms with Crippen molar-refractivity contribution in [3.8, 4) is 0 Å². The molecule has 1 atom stereocenters. The van der Waals surface area contributed by atoms with Crippen molar-refractivity contribution < 1.29 is 4.79 Å². The van der Waals surface area contributed by atoms with Crippen LogP contribution in [0, 0.1) is 5.92 Å². The van der Waals surface area contributed by atoms with E-state index < -0.39 is 0 Å². The number of nitrogens with zero attached hydrogens (tertiary/aromatic N) is 2. The normalized spacial score (nSPS) is 24.6. The van der Waals surface area contributed by atoms with Gasteiger partial charge in [0.25, 0.3) is 0 Å². The van der Waals surface area contributed by atoms with Gasteiger partial charge < -0.3 is 10.2 Å². The second-order valence-corrected chi connectivity index (χ2v) is 6.22. The summed E-state index contributed by atoms with van der Waals surface area (Å²) in [6, 6.07) is 0.685. The lowest BCUT2D eigenvalue weighted by atomic mass is 9.92. The van der Waals surface area contributed by atoms with Gasteiger partial charge in [0, 0.05) is 45.2 Å². The van der Waals surface area contributed by atoms with Crippen LogP contribution in [0.15, 0.2) is 0 Å². The topological polar surface area (TPSA) is 35.6 Å². The number of likely N-dealkylation sites (tertiary alicyclic amines) is 1. The summed E-state index contributed by atoms with van der Waals surface area (Å²) in [5, 5.41) is 3.29. The Hall–Kier alpha value is -0.320. The van der Waals surface area contributed by atoms with E-state index in [2.05, 4.69) is 24.1 Å². The van der Waals surface area contributed by atoms with E-state index in [1.54, 1.807) is 0 Å². The monoisotopic (exact) mass is 303 g/mol. The van der Waals surface area contributed by atoms with Crippen molar-refractivity contribution in [2.75, 3.05) is 39.3 Å². The Bertz CT molecular complexity index is 293. The third-order valence-corrected chi connectivity index (χ3v) is 4.52. The van der Waals surface area contributed by atoms with Crippen LogP contribution in [-0.4, -0.2) is 61.0 Å². The van der Waals surface area contributed by atoms with E-state index >= 15 is 0 Å². The number of halogens is 1. The Morgan fingerprint density at radius 2 is 1.90 bits per heavy atom. The highest BCUT2D eigenvalue weighted by molar-refractivity contribution is 5.85. The maximum absolute atomic E-state index is 12.2. The summed E-state index contributed by atoms with van der Waals surface area (Å²) >= 11 is 0. The van der Waals surface area contributed by atoms with Crippen LogP contribution in [0.1, 0.15) is 39.5 Å². The van der Waals surface area contributed by atoms with E-state index in [-0.39, 0.29) is 12.4 Å². The Kier molecular flexibility index (Phi) is 7.85. The molecule has 0 bridgehead atoms. The van der Waals surface area contributed by atoms with Crippen LogP contribution in [0.4, 0.5) is 0 Å². The van der Waals surface area contributed by atoms with Gasteiger partial charge in [-0.15, -0.1) is 12.4 Å². The molecule has 0 radical (unpaired) electrons. The molecule has 20 heavy (non-hydrogen) atoms. The van der Waals surface area contributed by atoms with E-state index in [0.717, 1.165) is 32.7 Å². The molecule has 0 aromatic rings. The molecule has 2 aliphatic rings. The summed E-state index contributed by atoms with van der Waals surface area (Å²) in [4.78, 5) is 16.8. The highest BCUT2D eigenvalue weighted by Gasteiger charge is 2.26. The predicted molar refractivity (Wildman–Crippen MR) is 85.4 cm³/mol. The minimum atomic E-state index is 0. The number of piperidine rings is 1. The van der Waals surface area contributed by atoms with Gasteiger partial charge in [0.05, 0.1) is 0 Å². The molecule has 0 saturated carbocycles. The number of amides is 1. The molecule has 2 rings (SSSR count). The van der Waals surface area contributed by atoms with Crippen LogP contribution in [-0.2, 0) is 4.79 Å². The van der Waals surface area contributed by atoms with Crippen LogP contribution < -0.4 is 5.32 Å². The van der Waals surface area contributed by atoms with Gasteiger partial charge in [0.15, 0.2) is 0 Å². The smallest absolute Gasteiger partial charge is 0.223 e. The first kappa shape index (κ1) is 17.7. The van der Waals surface area contributed by atoms with Gasteiger partial charge in [-0.1, -0.05) is 20.3 Å². The zero-order valence-corrected chi connectivity index (χ0v) is 13.8. The van der Waals surface area contributed by atoms with E-state index in [9.17, 15) is 4.79 Å². The van der Waals surface area contributed by atoms with Crippen LogP contribution in [0.5, 0.6) is 0 Å². The molecule has 1 N–H and O–H groups in total. The van der Waals surface area contributed by atoms with Gasteiger partial charge in [-0.2, -0.15) is 0 Å². The fraction of sp³-hybridized carbons (Fsp3) is 0.933. The molecule has 4 nitrogen and oxygen atoms in total. The van der Waals surface area contributed by atoms with Crippen molar-refractivity contribution in [1.82, 2.24) is 15.1 Å². The minimum absolute atomic E-state index is 0. The molecule has 0 aromatic heterocycles. The van der Waals surface area contributed by atoms with Gasteiger partial charge >= 0.3 is 0 Å². The number of hydrogen-bond donors (Lipinski definition) is 1. The number of piperazine rings is 1. The van der Waals surface area contributed by atoms with Crippen molar-refractivity contribution in [2.24, 2.45) is 5.92 Å². The lowest BCUT2D eigenvalue weighted by Crippen LogP contribution is -2.48. The summed E-state index contributed by atoms with van der Waals surface area (Å²) in [5.74, 6) is 1.05. The third kappa shape index (κ3) is 4.90. The first-order valence-corrected chi connectivity index (χ1v) is 7.91. The van der Waals surface area contributed by atoms with Crippen LogP contribution in [0.25, 0.3) is 0 Å². The molecule has 5 heteroatoms. The molecule has 0 aliphatic carbocycles. The van der Waals surface area contributed by atoms with E-state index in [4.69, 9.17) is 0 Å². The number of nitrogens with one attached hydrogen (secondary N) is 1. The third-order valence-electron chi connectivity index (χ3n) is 4.52. The fourth-order valence-electron chi connectivity index (χ4n) is 3.36. The second kappa shape index (κ2) is 8.85. The maximum atomic E-state index is 12.2. The second-order valence-electron chi connectivity index (χ2n) is 6.22. The average Bonchev–Trinajstić information content (AvgIpc) is 2.46. The van der Waals surface area contributed by atoms with Crippen molar-refractivity contribution in [2.45, 2.75) is 45.6 Å². The van der Waals surface area contributed by atoms with Gasteiger partial charge in [-0.05, 0) is 25.3 Å². The summed E-state index contributed by atoms with van der Waals surface area (Å²) in [6.07, 6.45) is 4.65. The van der Waals surface area contributed by atoms with Gasteiger partial charge in [-0.25, -0.2) is 0 Å². The first-order valence-electron chi connectivity index (χ1n) is 7.91. The Morgan fingerprint density at radius 1 is 1.20 bits per heavy atom. The first-order chi connectivity index (χ1) is 9.18. The summed E-state index contributed by atoms with van der Waals surface area (Å²) < 4.78 is 0. The lowest BCUT2D eigenvalue weighted by Gasteiger charge is -2.38. The molecule has 0 aromatic carbocycles. The minimum Gasteiger partial charge on any atom is -0.340 e. The molecular weight excluding hydrogens is 274 g/mol. The lowest BCUT2D eigenvalue weighted by molar-refractivity contribution is -0.132. The highest BCUT2D eigenvalue weighted by atomic mass is 35.5. The fourth-order valence-corrected chi connectivity index (χ4v) is 3.36. The van der Waals surface area contributed by atoms with Crippen LogP contribution in [0.2, 0.25) is 0 Å². The Balaban J connectivity index is 0.00000200. The standard InChI is InChI=1S/C15H29N3O.ClH/c1-13(2)14-5-3-4-9-17(14)10-6-15(19)18-11-7-16-8-12-18;/h13-14,16H,3-12H2,1-2H3;1H. The molecular formula is C15H30ClN3O. The van der Waals surface area contributed by atoms with Crippen LogP contribution >= 0.6 is 12.4 Å². The largest absolute Gasteiger partial charge is 0.340 e. The van der Waals surface area contributed by atoms with Gasteiger partial charge in [0.2, 0.25) is 5.91 Å². The number of carbonyl (C=O) groups excluding carboxylic acids is 1. The van der Waals surface area contributed by atoms with E-state index in [1.807, 2.05) is 4.90 Å². The van der Waals surface area contributed by atoms with E-state index in [1.165, 1.54) is 25.8 Å². The summed E-state index contributed by atoms with van der Waals surface area (Å²) in [7, 11) is 0. The predicted octanol–water partition coefficient (Wildman–Crippen LogP) is 1.74. The Labute approximate surface area is 129 Å². The molecule has 2 aliphatic heterocycles. The summed E-state index contributed by atoms with van der Waals surface area (Å²) in [5.41, 5.74) is 0. The Morgan fingerprint density at radius 3 is 2.55 bits per heavy atom. The van der Waals surface area contributed by atoms with Gasteiger partial charge in [-0.3, -0.25) is 9.69 Å². The SMILES string of the molecule is CC(C)C1CCCCN1CCC(=O)N1CCNCC1.Cl. The molecule has 2 saturated heterocycles. The summed E-state index contributed by atoms with van der Waals surface area (Å²) in [6.45, 7) is 10.4. The van der Waals surface area contributed by atoms with Crippen molar-refractivity contribution in [3.05, 3.63) is 0 Å².